The van der Waals surface area contributed by atoms with Gasteiger partial charge in [0.15, 0.2) is 0 Å². The third-order valence-electron chi connectivity index (χ3n) is 7.13. The highest BCUT2D eigenvalue weighted by Gasteiger charge is 2.30. The SMILES string of the molecule is CC(C)CNC(=O)c1cccc(N2CCN(CC(=O)N3CCN(C4CCC4)CC3)CC2)c1. The van der Waals surface area contributed by atoms with Gasteiger partial charge in [-0.2, -0.15) is 0 Å². The fourth-order valence-electron chi connectivity index (χ4n) is 4.79. The van der Waals surface area contributed by atoms with Crippen LogP contribution in [0.2, 0.25) is 0 Å². The summed E-state index contributed by atoms with van der Waals surface area (Å²) in [5, 5.41) is 2.99. The van der Waals surface area contributed by atoms with Crippen molar-refractivity contribution < 1.29 is 9.59 Å². The van der Waals surface area contributed by atoms with Crippen LogP contribution in [0.4, 0.5) is 5.69 Å². The van der Waals surface area contributed by atoms with Crippen LogP contribution in [0, 0.1) is 5.92 Å². The number of anilines is 1. The Morgan fingerprint density at radius 1 is 1.00 bits per heavy atom. The number of nitrogens with zero attached hydrogens (tertiary/aromatic N) is 4. The molecule has 3 aliphatic rings. The number of carbonyl (C=O) groups excluding carboxylic acids is 2. The molecule has 0 spiro atoms. The maximum atomic E-state index is 12.8. The van der Waals surface area contributed by atoms with Crippen LogP contribution < -0.4 is 10.2 Å². The van der Waals surface area contributed by atoms with E-state index in [0.717, 1.165) is 64.1 Å². The highest BCUT2D eigenvalue weighted by atomic mass is 16.2. The van der Waals surface area contributed by atoms with E-state index in [0.29, 0.717) is 24.6 Å². The Morgan fingerprint density at radius 3 is 2.34 bits per heavy atom. The fourth-order valence-corrected chi connectivity index (χ4v) is 4.79. The van der Waals surface area contributed by atoms with Crippen molar-refractivity contribution in [3.63, 3.8) is 0 Å². The van der Waals surface area contributed by atoms with Gasteiger partial charge in [-0.3, -0.25) is 19.4 Å². The number of hydrogen-bond acceptors (Lipinski definition) is 5. The molecule has 2 heterocycles. The molecule has 4 rings (SSSR count). The Morgan fingerprint density at radius 2 is 1.72 bits per heavy atom. The van der Waals surface area contributed by atoms with Crippen LogP contribution in [0.3, 0.4) is 0 Å². The van der Waals surface area contributed by atoms with Crippen molar-refractivity contribution in [3.8, 4) is 0 Å². The summed E-state index contributed by atoms with van der Waals surface area (Å²) in [5.41, 5.74) is 1.79. The van der Waals surface area contributed by atoms with Crippen LogP contribution in [-0.2, 0) is 4.79 Å². The molecule has 0 radical (unpaired) electrons. The zero-order valence-corrected chi connectivity index (χ0v) is 19.8. The average molecular weight is 442 g/mol. The molecule has 0 atom stereocenters. The Hall–Kier alpha value is -2.12. The van der Waals surface area contributed by atoms with E-state index in [4.69, 9.17) is 0 Å². The molecule has 176 valence electrons. The monoisotopic (exact) mass is 441 g/mol. The topological polar surface area (TPSA) is 59.1 Å². The third-order valence-corrected chi connectivity index (χ3v) is 7.13. The lowest BCUT2D eigenvalue weighted by atomic mass is 9.91. The van der Waals surface area contributed by atoms with Gasteiger partial charge in [0.2, 0.25) is 5.91 Å². The van der Waals surface area contributed by atoms with Crippen molar-refractivity contribution in [1.29, 1.82) is 0 Å². The van der Waals surface area contributed by atoms with Crippen LogP contribution in [0.5, 0.6) is 0 Å². The largest absolute Gasteiger partial charge is 0.369 e. The summed E-state index contributed by atoms with van der Waals surface area (Å²) < 4.78 is 0. The van der Waals surface area contributed by atoms with Gasteiger partial charge >= 0.3 is 0 Å². The van der Waals surface area contributed by atoms with E-state index >= 15 is 0 Å². The number of nitrogens with one attached hydrogen (secondary N) is 1. The van der Waals surface area contributed by atoms with Gasteiger partial charge < -0.3 is 15.1 Å². The summed E-state index contributed by atoms with van der Waals surface area (Å²) in [4.78, 5) is 34.4. The number of benzene rings is 1. The molecule has 1 saturated carbocycles. The summed E-state index contributed by atoms with van der Waals surface area (Å²) in [6.45, 7) is 12.7. The summed E-state index contributed by atoms with van der Waals surface area (Å²) in [7, 11) is 0. The molecule has 1 aromatic carbocycles. The molecule has 0 unspecified atom stereocenters. The number of piperazine rings is 2. The van der Waals surface area contributed by atoms with Crippen molar-refractivity contribution >= 4 is 17.5 Å². The molecule has 1 aliphatic carbocycles. The van der Waals surface area contributed by atoms with E-state index in [9.17, 15) is 9.59 Å². The first-order chi connectivity index (χ1) is 15.5. The van der Waals surface area contributed by atoms with Crippen molar-refractivity contribution in [2.75, 3.05) is 70.3 Å². The lowest BCUT2D eigenvalue weighted by molar-refractivity contribution is -0.134. The number of rotatable bonds is 7. The smallest absolute Gasteiger partial charge is 0.251 e. The van der Waals surface area contributed by atoms with Crippen LogP contribution in [-0.4, -0.2) is 98.0 Å². The summed E-state index contributed by atoms with van der Waals surface area (Å²) in [6, 6.07) is 8.66. The highest BCUT2D eigenvalue weighted by molar-refractivity contribution is 5.95. The number of carbonyl (C=O) groups is 2. The quantitative estimate of drug-likeness (QED) is 0.700. The van der Waals surface area contributed by atoms with Gasteiger partial charge in [0, 0.05) is 76.2 Å². The molecule has 7 nitrogen and oxygen atoms in total. The Bertz CT molecular complexity index is 778. The van der Waals surface area contributed by atoms with Crippen molar-refractivity contribution in [2.24, 2.45) is 5.92 Å². The molecule has 7 heteroatoms. The Labute approximate surface area is 192 Å². The molecule has 0 bridgehead atoms. The molecule has 32 heavy (non-hydrogen) atoms. The second-order valence-electron chi connectivity index (χ2n) is 9.92. The molecule has 2 aliphatic heterocycles. The van der Waals surface area contributed by atoms with Crippen LogP contribution in [0.25, 0.3) is 0 Å². The zero-order valence-electron chi connectivity index (χ0n) is 19.8. The van der Waals surface area contributed by atoms with E-state index in [1.54, 1.807) is 0 Å². The number of amides is 2. The minimum Gasteiger partial charge on any atom is -0.369 e. The van der Waals surface area contributed by atoms with Gasteiger partial charge in [0.05, 0.1) is 6.54 Å². The van der Waals surface area contributed by atoms with Gasteiger partial charge in [-0.15, -0.1) is 0 Å². The molecular weight excluding hydrogens is 402 g/mol. The van der Waals surface area contributed by atoms with Crippen LogP contribution in [0.15, 0.2) is 24.3 Å². The Kier molecular flexibility index (Phi) is 7.68. The summed E-state index contributed by atoms with van der Waals surface area (Å²) in [5.74, 6) is 0.697. The predicted octanol–water partition coefficient (Wildman–Crippen LogP) is 1.89. The van der Waals surface area contributed by atoms with Gasteiger partial charge in [0.1, 0.15) is 0 Å². The molecule has 1 N–H and O–H groups in total. The van der Waals surface area contributed by atoms with Gasteiger partial charge in [-0.25, -0.2) is 0 Å². The number of hydrogen-bond donors (Lipinski definition) is 1. The second-order valence-corrected chi connectivity index (χ2v) is 9.92. The third kappa shape index (κ3) is 5.81. The van der Waals surface area contributed by atoms with Gasteiger partial charge in [-0.05, 0) is 37.0 Å². The normalized spacial score (nSPS) is 21.0. The standard InChI is InChI=1S/C25H39N5O2/c1-20(2)18-26-25(32)21-5-3-8-23(17-21)29-11-9-27(10-12-29)19-24(31)30-15-13-28(14-16-30)22-6-4-7-22/h3,5,8,17,20,22H,4,6-7,9-16,18-19H2,1-2H3,(H,26,32). The molecule has 2 saturated heterocycles. The Balaban J connectivity index is 1.21. The maximum absolute atomic E-state index is 12.8. The molecule has 2 amide bonds. The highest BCUT2D eigenvalue weighted by Crippen LogP contribution is 2.25. The molecule has 3 fully saturated rings. The van der Waals surface area contributed by atoms with E-state index in [1.807, 2.05) is 18.2 Å². The minimum absolute atomic E-state index is 0.0119. The van der Waals surface area contributed by atoms with E-state index in [2.05, 4.69) is 44.8 Å². The first-order valence-electron chi connectivity index (χ1n) is 12.4. The van der Waals surface area contributed by atoms with E-state index in [-0.39, 0.29) is 11.8 Å². The molecular formula is C25H39N5O2. The zero-order chi connectivity index (χ0) is 22.5. The summed E-state index contributed by atoms with van der Waals surface area (Å²) in [6.07, 6.45) is 4.04. The van der Waals surface area contributed by atoms with Gasteiger partial charge in [0.25, 0.3) is 5.91 Å². The first kappa shape index (κ1) is 23.1. The van der Waals surface area contributed by atoms with Crippen molar-refractivity contribution in [2.45, 2.75) is 39.2 Å². The fraction of sp³-hybridized carbons (Fsp3) is 0.680. The minimum atomic E-state index is -0.0119. The van der Waals surface area contributed by atoms with Crippen molar-refractivity contribution in [3.05, 3.63) is 29.8 Å². The lowest BCUT2D eigenvalue weighted by Gasteiger charge is -2.43. The lowest BCUT2D eigenvalue weighted by Crippen LogP contribution is -2.56. The maximum Gasteiger partial charge on any atom is 0.251 e. The van der Waals surface area contributed by atoms with E-state index < -0.39 is 0 Å². The van der Waals surface area contributed by atoms with Crippen LogP contribution in [0.1, 0.15) is 43.5 Å². The average Bonchev–Trinajstić information content (AvgIpc) is 2.77. The molecule has 0 aromatic heterocycles. The predicted molar refractivity (Wildman–Crippen MR) is 128 cm³/mol. The van der Waals surface area contributed by atoms with E-state index in [1.165, 1.54) is 19.3 Å². The van der Waals surface area contributed by atoms with Crippen molar-refractivity contribution in [1.82, 2.24) is 20.0 Å². The second kappa shape index (κ2) is 10.7. The van der Waals surface area contributed by atoms with Crippen LogP contribution >= 0.6 is 0 Å². The first-order valence-corrected chi connectivity index (χ1v) is 12.4. The van der Waals surface area contributed by atoms with Gasteiger partial charge in [-0.1, -0.05) is 26.3 Å². The summed E-state index contributed by atoms with van der Waals surface area (Å²) >= 11 is 0. The molecule has 1 aromatic rings.